The summed E-state index contributed by atoms with van der Waals surface area (Å²) in [4.78, 5) is 16.8. The number of aromatic nitrogens is 1. The van der Waals surface area contributed by atoms with E-state index in [2.05, 4.69) is 10.3 Å². The molecule has 7 heteroatoms. The van der Waals surface area contributed by atoms with Crippen LogP contribution < -0.4 is 5.32 Å². The normalized spacial score (nSPS) is 10.6. The van der Waals surface area contributed by atoms with Crippen LogP contribution in [0.1, 0.15) is 15.9 Å². The molecule has 0 aliphatic rings. The first kappa shape index (κ1) is 17.7. The second kappa shape index (κ2) is 7.14. The maximum absolute atomic E-state index is 14.1. The van der Waals surface area contributed by atoms with Crippen molar-refractivity contribution in [3.63, 3.8) is 0 Å². The van der Waals surface area contributed by atoms with Crippen molar-refractivity contribution in [3.8, 4) is 17.5 Å². The zero-order valence-electron chi connectivity index (χ0n) is 14.2. The van der Waals surface area contributed by atoms with Gasteiger partial charge in [-0.05, 0) is 48.5 Å². The van der Waals surface area contributed by atoms with E-state index in [1.54, 1.807) is 24.3 Å². The molecule has 0 spiro atoms. The average molecular weight is 392 g/mol. The van der Waals surface area contributed by atoms with Crippen molar-refractivity contribution < 1.29 is 13.6 Å². The van der Waals surface area contributed by atoms with Crippen molar-refractivity contribution in [2.24, 2.45) is 0 Å². The zero-order valence-corrected chi connectivity index (χ0v) is 15.0. The summed E-state index contributed by atoms with van der Waals surface area (Å²) >= 11 is 6.27. The molecule has 1 aromatic heterocycles. The van der Waals surface area contributed by atoms with Gasteiger partial charge in [-0.25, -0.2) is 9.37 Å². The minimum Gasteiger partial charge on any atom is -0.436 e. The van der Waals surface area contributed by atoms with Crippen LogP contribution in [-0.4, -0.2) is 10.9 Å². The van der Waals surface area contributed by atoms with Gasteiger partial charge in [-0.2, -0.15) is 5.26 Å². The average Bonchev–Trinajstić information content (AvgIpc) is 3.13. The van der Waals surface area contributed by atoms with Crippen molar-refractivity contribution in [1.29, 1.82) is 5.26 Å². The molecule has 0 unspecified atom stereocenters. The first-order chi connectivity index (χ1) is 13.5. The molecule has 1 amide bonds. The van der Waals surface area contributed by atoms with Gasteiger partial charge in [0.1, 0.15) is 11.3 Å². The van der Waals surface area contributed by atoms with Crippen LogP contribution in [0.25, 0.3) is 22.6 Å². The molecule has 1 heterocycles. The number of halogens is 2. The summed E-state index contributed by atoms with van der Waals surface area (Å²) < 4.78 is 19.8. The third-order valence-electron chi connectivity index (χ3n) is 4.09. The molecule has 3 aromatic carbocycles. The van der Waals surface area contributed by atoms with E-state index in [0.29, 0.717) is 33.3 Å². The van der Waals surface area contributed by atoms with Gasteiger partial charge in [0.2, 0.25) is 5.89 Å². The van der Waals surface area contributed by atoms with E-state index in [1.807, 2.05) is 24.3 Å². The third-order valence-corrected chi connectivity index (χ3v) is 4.42. The molecule has 0 bridgehead atoms. The summed E-state index contributed by atoms with van der Waals surface area (Å²) in [7, 11) is 0. The van der Waals surface area contributed by atoms with Crippen LogP contribution in [-0.2, 0) is 0 Å². The Kier molecular flexibility index (Phi) is 4.52. The highest BCUT2D eigenvalue weighted by Crippen LogP contribution is 2.32. The summed E-state index contributed by atoms with van der Waals surface area (Å²) in [6.07, 6.45) is 0. The van der Waals surface area contributed by atoms with Gasteiger partial charge >= 0.3 is 0 Å². The van der Waals surface area contributed by atoms with Crippen LogP contribution in [0.2, 0.25) is 5.02 Å². The van der Waals surface area contributed by atoms with Crippen LogP contribution in [0.4, 0.5) is 10.1 Å². The quantitative estimate of drug-likeness (QED) is 0.506. The number of para-hydroxylation sites is 2. The number of nitriles is 1. The van der Waals surface area contributed by atoms with E-state index < -0.39 is 11.7 Å². The smallest absolute Gasteiger partial charge is 0.258 e. The molecule has 0 saturated carbocycles. The highest BCUT2D eigenvalue weighted by atomic mass is 35.5. The summed E-state index contributed by atoms with van der Waals surface area (Å²) in [5.41, 5.74) is 2.16. The van der Waals surface area contributed by atoms with E-state index in [-0.39, 0.29) is 11.1 Å². The fourth-order valence-corrected chi connectivity index (χ4v) is 2.92. The summed E-state index contributed by atoms with van der Waals surface area (Å²) in [5.74, 6) is -1.11. The number of hydrogen-bond acceptors (Lipinski definition) is 4. The topological polar surface area (TPSA) is 78.9 Å². The number of fused-ring (bicyclic) bond motifs is 1. The van der Waals surface area contributed by atoms with E-state index in [9.17, 15) is 9.18 Å². The lowest BCUT2D eigenvalue weighted by Crippen LogP contribution is -2.14. The molecular weight excluding hydrogens is 381 g/mol. The first-order valence-corrected chi connectivity index (χ1v) is 8.59. The molecule has 0 aliphatic carbocycles. The molecule has 0 saturated heterocycles. The lowest BCUT2D eigenvalue weighted by molar-refractivity contribution is 0.102. The van der Waals surface area contributed by atoms with Gasteiger partial charge in [0.25, 0.3) is 5.91 Å². The summed E-state index contributed by atoms with van der Waals surface area (Å²) in [5, 5.41) is 11.8. The van der Waals surface area contributed by atoms with Gasteiger partial charge in [-0.1, -0.05) is 23.7 Å². The van der Waals surface area contributed by atoms with Gasteiger partial charge in [-0.15, -0.1) is 0 Å². The molecule has 0 fully saturated rings. The number of carbonyl (C=O) groups is 1. The molecule has 28 heavy (non-hydrogen) atoms. The number of nitrogens with zero attached hydrogens (tertiary/aromatic N) is 2. The molecule has 4 rings (SSSR count). The van der Waals surface area contributed by atoms with Crippen LogP contribution >= 0.6 is 11.6 Å². The number of rotatable bonds is 3. The Bertz CT molecular complexity index is 1230. The number of anilines is 1. The minimum atomic E-state index is -0.773. The van der Waals surface area contributed by atoms with Crippen molar-refractivity contribution in [1.82, 2.24) is 4.98 Å². The summed E-state index contributed by atoms with van der Waals surface area (Å²) in [6.45, 7) is 0. The van der Waals surface area contributed by atoms with Gasteiger partial charge in [0.05, 0.1) is 27.8 Å². The molecule has 5 nitrogen and oxygen atoms in total. The Morgan fingerprint density at radius 2 is 1.96 bits per heavy atom. The van der Waals surface area contributed by atoms with Gasteiger partial charge < -0.3 is 9.73 Å². The maximum atomic E-state index is 14.1. The lowest BCUT2D eigenvalue weighted by atomic mass is 10.1. The Morgan fingerprint density at radius 3 is 2.71 bits per heavy atom. The Labute approximate surface area is 164 Å². The highest BCUT2D eigenvalue weighted by molar-refractivity contribution is 6.33. The lowest BCUT2D eigenvalue weighted by Gasteiger charge is -2.08. The monoisotopic (exact) mass is 391 g/mol. The standard InChI is InChI=1S/C21H11ClFN3O2/c22-16-8-6-13(25-20(27)14-7-5-12(11-24)9-17(14)23)10-15(16)21-26-18-3-1-2-4-19(18)28-21/h1-10H,(H,25,27). The van der Waals surface area contributed by atoms with Gasteiger partial charge in [0.15, 0.2) is 5.58 Å². The first-order valence-electron chi connectivity index (χ1n) is 8.21. The zero-order chi connectivity index (χ0) is 19.7. The van der Waals surface area contributed by atoms with Gasteiger partial charge in [-0.3, -0.25) is 4.79 Å². The predicted octanol–water partition coefficient (Wildman–Crippen LogP) is 5.41. The minimum absolute atomic E-state index is 0.138. The molecule has 0 aliphatic heterocycles. The predicted molar refractivity (Wildman–Crippen MR) is 104 cm³/mol. The Hall–Kier alpha value is -3.69. The van der Waals surface area contributed by atoms with Crippen LogP contribution in [0.3, 0.4) is 0 Å². The van der Waals surface area contributed by atoms with Gasteiger partial charge in [0, 0.05) is 5.69 Å². The molecule has 0 radical (unpaired) electrons. The van der Waals surface area contributed by atoms with E-state index >= 15 is 0 Å². The fourth-order valence-electron chi connectivity index (χ4n) is 2.72. The van der Waals surface area contributed by atoms with Crippen LogP contribution in [0.5, 0.6) is 0 Å². The number of oxazole rings is 1. The molecule has 0 atom stereocenters. The summed E-state index contributed by atoms with van der Waals surface area (Å²) in [6, 6.07) is 17.6. The van der Waals surface area contributed by atoms with Crippen LogP contribution in [0.15, 0.2) is 65.1 Å². The number of hydrogen-bond donors (Lipinski definition) is 1. The number of nitrogens with one attached hydrogen (secondary N) is 1. The van der Waals surface area contributed by atoms with Crippen molar-refractivity contribution >= 4 is 34.3 Å². The molecular formula is C21H11ClFN3O2. The van der Waals surface area contributed by atoms with Crippen molar-refractivity contribution in [3.05, 3.63) is 82.6 Å². The maximum Gasteiger partial charge on any atom is 0.258 e. The molecule has 4 aromatic rings. The van der Waals surface area contributed by atoms with E-state index in [0.717, 1.165) is 6.07 Å². The Morgan fingerprint density at radius 1 is 1.14 bits per heavy atom. The second-order valence-corrected chi connectivity index (χ2v) is 6.35. The number of carbonyl (C=O) groups excluding carboxylic acids is 1. The van der Waals surface area contributed by atoms with Crippen molar-refractivity contribution in [2.45, 2.75) is 0 Å². The number of benzene rings is 3. The second-order valence-electron chi connectivity index (χ2n) is 5.94. The number of amides is 1. The SMILES string of the molecule is N#Cc1ccc(C(=O)Nc2ccc(Cl)c(-c3nc4ccccc4o3)c2)c(F)c1. The largest absolute Gasteiger partial charge is 0.436 e. The van der Waals surface area contributed by atoms with Crippen LogP contribution in [0, 0.1) is 17.1 Å². The third kappa shape index (κ3) is 3.31. The van der Waals surface area contributed by atoms with E-state index in [1.165, 1.54) is 12.1 Å². The Balaban J connectivity index is 1.65. The fraction of sp³-hybridized carbons (Fsp3) is 0. The van der Waals surface area contributed by atoms with E-state index in [4.69, 9.17) is 21.3 Å². The molecule has 1 N–H and O–H groups in total. The molecule has 136 valence electrons. The highest BCUT2D eigenvalue weighted by Gasteiger charge is 2.16. The van der Waals surface area contributed by atoms with Crippen molar-refractivity contribution in [2.75, 3.05) is 5.32 Å².